The number of benzene rings is 1. The van der Waals surface area contributed by atoms with Crippen molar-refractivity contribution < 1.29 is 0 Å². The van der Waals surface area contributed by atoms with E-state index < -0.39 is 0 Å². The highest BCUT2D eigenvalue weighted by Gasteiger charge is 2.23. The van der Waals surface area contributed by atoms with Gasteiger partial charge >= 0.3 is 0 Å². The summed E-state index contributed by atoms with van der Waals surface area (Å²) < 4.78 is 1.88. The Labute approximate surface area is 115 Å². The van der Waals surface area contributed by atoms with E-state index in [0.29, 0.717) is 21.9 Å². The monoisotopic (exact) mass is 282 g/mol. The predicted octanol–water partition coefficient (Wildman–Crippen LogP) is 2.90. The molecule has 4 nitrogen and oxygen atoms in total. The molecule has 0 saturated heterocycles. The van der Waals surface area contributed by atoms with Crippen molar-refractivity contribution in [2.75, 3.05) is 5.73 Å². The maximum Gasteiger partial charge on any atom is 0.239 e. The maximum absolute atomic E-state index is 6.05. The van der Waals surface area contributed by atoms with Crippen LogP contribution in [0, 0.1) is 0 Å². The Kier molecular flexibility index (Phi) is 2.92. The third-order valence-electron chi connectivity index (χ3n) is 3.30. The average Bonchev–Trinajstić information content (AvgIpc) is 2.71. The second-order valence-corrected chi connectivity index (χ2v) is 5.29. The molecule has 0 spiro atoms. The van der Waals surface area contributed by atoms with Crippen LogP contribution in [0.1, 0.15) is 23.7 Å². The first-order valence-corrected chi connectivity index (χ1v) is 6.53. The van der Waals surface area contributed by atoms with Crippen molar-refractivity contribution in [1.82, 2.24) is 14.8 Å². The summed E-state index contributed by atoms with van der Waals surface area (Å²) in [5, 5.41) is 5.33. The van der Waals surface area contributed by atoms with Gasteiger partial charge in [-0.25, -0.2) is 4.68 Å². The molecule has 1 aromatic heterocycles. The SMILES string of the molecule is Nc1nc2n(n1)CCC(c1ccc(Cl)c(Cl)c1)C2. The van der Waals surface area contributed by atoms with E-state index in [2.05, 4.69) is 10.1 Å². The number of rotatable bonds is 1. The minimum atomic E-state index is 0.347. The lowest BCUT2D eigenvalue weighted by atomic mass is 9.90. The second kappa shape index (κ2) is 4.44. The van der Waals surface area contributed by atoms with E-state index in [9.17, 15) is 0 Å². The van der Waals surface area contributed by atoms with Crippen molar-refractivity contribution in [3.05, 3.63) is 39.6 Å². The van der Waals surface area contributed by atoms with E-state index in [0.717, 1.165) is 25.2 Å². The summed E-state index contributed by atoms with van der Waals surface area (Å²) >= 11 is 12.0. The minimum Gasteiger partial charge on any atom is -0.366 e. The van der Waals surface area contributed by atoms with Crippen molar-refractivity contribution in [2.24, 2.45) is 0 Å². The molecule has 18 heavy (non-hydrogen) atoms. The molecular weight excluding hydrogens is 271 g/mol. The lowest BCUT2D eigenvalue weighted by Crippen LogP contribution is -2.19. The summed E-state index contributed by atoms with van der Waals surface area (Å²) in [6, 6.07) is 5.80. The Morgan fingerprint density at radius 1 is 1.28 bits per heavy atom. The van der Waals surface area contributed by atoms with Gasteiger partial charge in [-0.05, 0) is 30.0 Å². The smallest absolute Gasteiger partial charge is 0.239 e. The van der Waals surface area contributed by atoms with Crippen LogP contribution in [-0.2, 0) is 13.0 Å². The van der Waals surface area contributed by atoms with Crippen LogP contribution < -0.4 is 5.73 Å². The van der Waals surface area contributed by atoms with Gasteiger partial charge in [-0.2, -0.15) is 4.98 Å². The molecule has 2 aromatic rings. The molecule has 1 aliphatic rings. The molecule has 2 heterocycles. The Balaban J connectivity index is 1.89. The van der Waals surface area contributed by atoms with E-state index in [1.165, 1.54) is 5.56 Å². The van der Waals surface area contributed by atoms with Crippen molar-refractivity contribution in [3.8, 4) is 0 Å². The molecule has 1 aliphatic heterocycles. The van der Waals surface area contributed by atoms with E-state index in [-0.39, 0.29) is 0 Å². The average molecular weight is 283 g/mol. The van der Waals surface area contributed by atoms with E-state index in [1.54, 1.807) is 0 Å². The van der Waals surface area contributed by atoms with Crippen LogP contribution >= 0.6 is 23.2 Å². The van der Waals surface area contributed by atoms with Gasteiger partial charge in [0.25, 0.3) is 0 Å². The maximum atomic E-state index is 6.05. The number of hydrogen-bond donors (Lipinski definition) is 1. The van der Waals surface area contributed by atoms with Crippen LogP contribution in [0.25, 0.3) is 0 Å². The van der Waals surface area contributed by atoms with Gasteiger partial charge in [-0.1, -0.05) is 29.3 Å². The zero-order valence-corrected chi connectivity index (χ0v) is 11.1. The summed E-state index contributed by atoms with van der Waals surface area (Å²) in [4.78, 5) is 4.24. The number of nitrogens with zero attached hydrogens (tertiary/aromatic N) is 3. The summed E-state index contributed by atoms with van der Waals surface area (Å²) in [6.07, 6.45) is 1.84. The molecule has 0 fully saturated rings. The molecular formula is C12H12Cl2N4. The van der Waals surface area contributed by atoms with Crippen LogP contribution in [-0.4, -0.2) is 14.8 Å². The molecule has 1 atom stereocenters. The number of aromatic nitrogens is 3. The first kappa shape index (κ1) is 11.8. The summed E-state index contributed by atoms with van der Waals surface area (Å²) in [5.74, 6) is 1.69. The number of anilines is 1. The number of aryl methyl sites for hydroxylation is 1. The number of hydrogen-bond acceptors (Lipinski definition) is 3. The highest BCUT2D eigenvalue weighted by molar-refractivity contribution is 6.42. The molecule has 0 bridgehead atoms. The van der Waals surface area contributed by atoms with Gasteiger partial charge in [-0.3, -0.25) is 0 Å². The molecule has 2 N–H and O–H groups in total. The van der Waals surface area contributed by atoms with Gasteiger partial charge < -0.3 is 5.73 Å². The molecule has 0 radical (unpaired) electrons. The molecule has 1 aromatic carbocycles. The topological polar surface area (TPSA) is 56.7 Å². The van der Waals surface area contributed by atoms with Crippen molar-refractivity contribution in [3.63, 3.8) is 0 Å². The van der Waals surface area contributed by atoms with E-state index in [1.807, 2.05) is 22.9 Å². The molecule has 0 aliphatic carbocycles. The van der Waals surface area contributed by atoms with Gasteiger partial charge in [0.15, 0.2) is 0 Å². The summed E-state index contributed by atoms with van der Waals surface area (Å²) in [5.41, 5.74) is 6.80. The first-order valence-electron chi connectivity index (χ1n) is 5.77. The van der Waals surface area contributed by atoms with Crippen molar-refractivity contribution in [1.29, 1.82) is 0 Å². The number of halogens is 2. The standard InChI is InChI=1S/C12H12Cl2N4/c13-9-2-1-7(5-10(9)14)8-3-4-18-11(6-8)16-12(15)17-18/h1-2,5,8H,3-4,6H2,(H2,15,17). The summed E-state index contributed by atoms with van der Waals surface area (Å²) in [7, 11) is 0. The van der Waals surface area contributed by atoms with Crippen LogP contribution in [0.3, 0.4) is 0 Å². The molecule has 94 valence electrons. The highest BCUT2D eigenvalue weighted by atomic mass is 35.5. The van der Waals surface area contributed by atoms with Gasteiger partial charge in [0.1, 0.15) is 5.82 Å². The Bertz CT molecular complexity index is 594. The predicted molar refractivity (Wildman–Crippen MR) is 72.0 cm³/mol. The molecule has 0 amide bonds. The number of nitrogens with two attached hydrogens (primary N) is 1. The highest BCUT2D eigenvalue weighted by Crippen LogP contribution is 2.32. The molecule has 6 heteroatoms. The van der Waals surface area contributed by atoms with Crippen molar-refractivity contribution in [2.45, 2.75) is 25.3 Å². The molecule has 1 unspecified atom stereocenters. The Morgan fingerprint density at radius 2 is 2.11 bits per heavy atom. The largest absolute Gasteiger partial charge is 0.366 e. The van der Waals surface area contributed by atoms with Crippen LogP contribution in [0.15, 0.2) is 18.2 Å². The summed E-state index contributed by atoms with van der Waals surface area (Å²) in [6.45, 7) is 0.838. The van der Waals surface area contributed by atoms with Crippen LogP contribution in [0.4, 0.5) is 5.95 Å². The fourth-order valence-corrected chi connectivity index (χ4v) is 2.68. The molecule has 3 rings (SSSR count). The van der Waals surface area contributed by atoms with E-state index in [4.69, 9.17) is 28.9 Å². The third kappa shape index (κ3) is 2.06. The lowest BCUT2D eigenvalue weighted by Gasteiger charge is -2.22. The number of fused-ring (bicyclic) bond motifs is 1. The lowest BCUT2D eigenvalue weighted by molar-refractivity contribution is 0.434. The molecule has 0 saturated carbocycles. The number of nitrogen functional groups attached to an aromatic ring is 1. The van der Waals surface area contributed by atoms with Gasteiger partial charge in [-0.15, -0.1) is 5.10 Å². The first-order chi connectivity index (χ1) is 8.63. The normalized spacial score (nSPS) is 18.7. The second-order valence-electron chi connectivity index (χ2n) is 4.47. The van der Waals surface area contributed by atoms with Crippen molar-refractivity contribution >= 4 is 29.2 Å². The van der Waals surface area contributed by atoms with Gasteiger partial charge in [0.05, 0.1) is 10.0 Å². The van der Waals surface area contributed by atoms with Gasteiger partial charge in [0.2, 0.25) is 5.95 Å². The van der Waals surface area contributed by atoms with Crippen LogP contribution in [0.5, 0.6) is 0 Å². The zero-order valence-electron chi connectivity index (χ0n) is 9.61. The fourth-order valence-electron chi connectivity index (χ4n) is 2.38. The third-order valence-corrected chi connectivity index (χ3v) is 4.04. The fraction of sp³-hybridized carbons (Fsp3) is 0.333. The quantitative estimate of drug-likeness (QED) is 0.875. The Morgan fingerprint density at radius 3 is 2.89 bits per heavy atom. The Hall–Kier alpha value is -1.26. The minimum absolute atomic E-state index is 0.347. The zero-order chi connectivity index (χ0) is 12.7. The van der Waals surface area contributed by atoms with E-state index >= 15 is 0 Å². The van der Waals surface area contributed by atoms with Gasteiger partial charge in [0, 0.05) is 13.0 Å². The van der Waals surface area contributed by atoms with Crippen LogP contribution in [0.2, 0.25) is 10.0 Å².